The molecule has 1 rings (SSSR count). The molecule has 1 heterocycles. The van der Waals surface area contributed by atoms with Crippen LogP contribution in [0.25, 0.3) is 0 Å². The first-order valence-corrected chi connectivity index (χ1v) is 5.29. The van der Waals surface area contributed by atoms with Crippen molar-refractivity contribution in [2.24, 2.45) is 0 Å². The van der Waals surface area contributed by atoms with Gasteiger partial charge in [-0.05, 0) is 13.8 Å². The van der Waals surface area contributed by atoms with Crippen LogP contribution in [0.5, 0.6) is 0 Å². The van der Waals surface area contributed by atoms with Crippen molar-refractivity contribution in [2.45, 2.75) is 19.4 Å². The Kier molecular flexibility index (Phi) is 4.31. The number of rotatable bonds is 4. The van der Waals surface area contributed by atoms with Crippen molar-refractivity contribution < 1.29 is 10.2 Å². The second kappa shape index (κ2) is 5.07. The lowest BCUT2D eigenvalue weighted by Crippen LogP contribution is -2.60. The summed E-state index contributed by atoms with van der Waals surface area (Å²) in [6.45, 7) is 9.28. The first-order valence-electron chi connectivity index (χ1n) is 5.29. The van der Waals surface area contributed by atoms with Crippen LogP contribution in [0.1, 0.15) is 13.8 Å². The number of nitrogens with zero attached hydrogens (tertiary/aromatic N) is 2. The first-order chi connectivity index (χ1) is 6.60. The number of β-amino-alcohol motifs (C(OH)–C–C–N with tert-alkyl or cyclic N) is 2. The Morgan fingerprint density at radius 3 is 2.21 bits per heavy atom. The van der Waals surface area contributed by atoms with E-state index in [2.05, 4.69) is 23.6 Å². The topological polar surface area (TPSA) is 46.9 Å². The molecule has 0 aromatic carbocycles. The lowest BCUT2D eigenvalue weighted by atomic mass is 9.99. The molecule has 0 amide bonds. The quantitative estimate of drug-likeness (QED) is 0.637. The Morgan fingerprint density at radius 1 is 1.07 bits per heavy atom. The number of aliphatic hydroxyl groups is 2. The smallest absolute Gasteiger partial charge is 0.0558 e. The van der Waals surface area contributed by atoms with Crippen LogP contribution in [0.15, 0.2) is 0 Å². The molecule has 1 saturated heterocycles. The third-order valence-electron chi connectivity index (χ3n) is 2.94. The first kappa shape index (κ1) is 11.9. The van der Waals surface area contributed by atoms with E-state index in [0.29, 0.717) is 0 Å². The number of hydrogen-bond acceptors (Lipinski definition) is 4. The fraction of sp³-hybridized carbons (Fsp3) is 1.00. The average molecular weight is 202 g/mol. The highest BCUT2D eigenvalue weighted by atomic mass is 16.3. The van der Waals surface area contributed by atoms with Crippen molar-refractivity contribution >= 4 is 0 Å². The summed E-state index contributed by atoms with van der Waals surface area (Å²) in [5, 5.41) is 17.8. The summed E-state index contributed by atoms with van der Waals surface area (Å²) in [4.78, 5) is 4.58. The predicted octanol–water partition coefficient (Wildman–Crippen LogP) is -0.633. The van der Waals surface area contributed by atoms with Crippen molar-refractivity contribution in [3.63, 3.8) is 0 Å². The normalized spacial score (nSPS) is 24.0. The molecule has 0 aromatic heterocycles. The fourth-order valence-corrected chi connectivity index (χ4v) is 2.16. The molecule has 1 aliphatic heterocycles. The number of piperazine rings is 1. The van der Waals surface area contributed by atoms with Crippen molar-refractivity contribution in [2.75, 3.05) is 45.9 Å². The summed E-state index contributed by atoms with van der Waals surface area (Å²) in [7, 11) is 0. The summed E-state index contributed by atoms with van der Waals surface area (Å²) in [6.07, 6.45) is 0. The Labute approximate surface area is 86.1 Å². The Hall–Kier alpha value is -0.160. The van der Waals surface area contributed by atoms with E-state index in [4.69, 9.17) is 10.2 Å². The summed E-state index contributed by atoms with van der Waals surface area (Å²) < 4.78 is 0. The van der Waals surface area contributed by atoms with Gasteiger partial charge in [0, 0.05) is 38.3 Å². The standard InChI is InChI=1S/C10H22N2O2/c1-10(2)9-11(5-7-13)3-4-12(10)6-8-14/h13-14H,3-9H2,1-2H3. The summed E-state index contributed by atoms with van der Waals surface area (Å²) >= 11 is 0. The zero-order chi connectivity index (χ0) is 10.6. The van der Waals surface area contributed by atoms with Gasteiger partial charge in [-0.3, -0.25) is 9.80 Å². The molecule has 0 radical (unpaired) electrons. The Bertz CT molecular complexity index is 174. The van der Waals surface area contributed by atoms with Crippen molar-refractivity contribution in [3.8, 4) is 0 Å². The summed E-state index contributed by atoms with van der Waals surface area (Å²) in [6, 6.07) is 0. The molecule has 0 unspecified atom stereocenters. The minimum atomic E-state index is 0.107. The molecular weight excluding hydrogens is 180 g/mol. The van der Waals surface area contributed by atoms with E-state index in [1.54, 1.807) is 0 Å². The van der Waals surface area contributed by atoms with Crippen molar-refractivity contribution in [1.82, 2.24) is 9.80 Å². The Balaban J connectivity index is 2.47. The van der Waals surface area contributed by atoms with Crippen LogP contribution in [0, 0.1) is 0 Å². The molecule has 0 aliphatic carbocycles. The van der Waals surface area contributed by atoms with Gasteiger partial charge >= 0.3 is 0 Å². The van der Waals surface area contributed by atoms with E-state index in [1.165, 1.54) is 0 Å². The highest BCUT2D eigenvalue weighted by molar-refractivity contribution is 4.89. The van der Waals surface area contributed by atoms with Crippen LogP contribution < -0.4 is 0 Å². The van der Waals surface area contributed by atoms with Crippen molar-refractivity contribution in [1.29, 1.82) is 0 Å². The van der Waals surface area contributed by atoms with E-state index in [9.17, 15) is 0 Å². The molecule has 4 nitrogen and oxygen atoms in total. The van der Waals surface area contributed by atoms with E-state index < -0.39 is 0 Å². The SMILES string of the molecule is CC1(C)CN(CCO)CCN1CCO. The van der Waals surface area contributed by atoms with Crippen LogP contribution >= 0.6 is 0 Å². The minimum Gasteiger partial charge on any atom is -0.395 e. The van der Waals surface area contributed by atoms with Crippen LogP contribution in [0.3, 0.4) is 0 Å². The van der Waals surface area contributed by atoms with Gasteiger partial charge in [-0.2, -0.15) is 0 Å². The second-order valence-electron chi connectivity index (χ2n) is 4.52. The molecule has 0 spiro atoms. The third kappa shape index (κ3) is 2.92. The summed E-state index contributed by atoms with van der Waals surface area (Å²) in [5.74, 6) is 0. The molecule has 1 fully saturated rings. The number of aliphatic hydroxyl groups excluding tert-OH is 2. The molecule has 84 valence electrons. The Morgan fingerprint density at radius 2 is 1.71 bits per heavy atom. The van der Waals surface area contributed by atoms with Gasteiger partial charge in [0.15, 0.2) is 0 Å². The summed E-state index contributed by atoms with van der Waals surface area (Å²) in [5.41, 5.74) is 0.107. The monoisotopic (exact) mass is 202 g/mol. The van der Waals surface area contributed by atoms with Gasteiger partial charge in [0.05, 0.1) is 13.2 Å². The van der Waals surface area contributed by atoms with Crippen LogP contribution in [-0.2, 0) is 0 Å². The van der Waals surface area contributed by atoms with E-state index in [0.717, 1.165) is 32.7 Å². The second-order valence-corrected chi connectivity index (χ2v) is 4.52. The molecule has 0 bridgehead atoms. The number of hydrogen-bond donors (Lipinski definition) is 2. The molecule has 14 heavy (non-hydrogen) atoms. The molecule has 0 aromatic rings. The van der Waals surface area contributed by atoms with E-state index >= 15 is 0 Å². The third-order valence-corrected chi connectivity index (χ3v) is 2.94. The predicted molar refractivity (Wildman–Crippen MR) is 56.3 cm³/mol. The molecule has 1 aliphatic rings. The van der Waals surface area contributed by atoms with Gasteiger partial charge in [-0.15, -0.1) is 0 Å². The molecular formula is C10H22N2O2. The average Bonchev–Trinajstić information content (AvgIpc) is 2.10. The van der Waals surface area contributed by atoms with Crippen LogP contribution in [0.2, 0.25) is 0 Å². The largest absolute Gasteiger partial charge is 0.395 e. The van der Waals surface area contributed by atoms with Gasteiger partial charge in [-0.25, -0.2) is 0 Å². The van der Waals surface area contributed by atoms with Crippen molar-refractivity contribution in [3.05, 3.63) is 0 Å². The lowest BCUT2D eigenvalue weighted by molar-refractivity contribution is 0.00428. The van der Waals surface area contributed by atoms with Gasteiger partial charge in [-0.1, -0.05) is 0 Å². The maximum Gasteiger partial charge on any atom is 0.0558 e. The maximum atomic E-state index is 8.92. The lowest BCUT2D eigenvalue weighted by Gasteiger charge is -2.47. The zero-order valence-electron chi connectivity index (χ0n) is 9.24. The molecule has 4 heteroatoms. The zero-order valence-corrected chi connectivity index (χ0v) is 9.24. The van der Waals surface area contributed by atoms with Gasteiger partial charge < -0.3 is 10.2 Å². The van der Waals surface area contributed by atoms with Gasteiger partial charge in [0.1, 0.15) is 0 Å². The van der Waals surface area contributed by atoms with Gasteiger partial charge in [0.2, 0.25) is 0 Å². The minimum absolute atomic E-state index is 0.107. The highest BCUT2D eigenvalue weighted by Gasteiger charge is 2.32. The molecule has 0 atom stereocenters. The maximum absolute atomic E-state index is 8.92. The molecule has 2 N–H and O–H groups in total. The highest BCUT2D eigenvalue weighted by Crippen LogP contribution is 2.19. The fourth-order valence-electron chi connectivity index (χ4n) is 2.16. The van der Waals surface area contributed by atoms with E-state index in [1.807, 2.05) is 0 Å². The van der Waals surface area contributed by atoms with Gasteiger partial charge in [0.25, 0.3) is 0 Å². The van der Waals surface area contributed by atoms with Crippen LogP contribution in [-0.4, -0.2) is 71.5 Å². The van der Waals surface area contributed by atoms with E-state index in [-0.39, 0.29) is 18.8 Å². The molecule has 0 saturated carbocycles. The van der Waals surface area contributed by atoms with Crippen LogP contribution in [0.4, 0.5) is 0 Å².